The van der Waals surface area contributed by atoms with Crippen LogP contribution in [0.3, 0.4) is 0 Å². The van der Waals surface area contributed by atoms with E-state index in [2.05, 4.69) is 56.0 Å². The number of aromatic carboxylic acids is 1. The Morgan fingerprint density at radius 2 is 1.10 bits per heavy atom. The maximum absolute atomic E-state index is 15.0. The van der Waals surface area contributed by atoms with E-state index in [-0.39, 0.29) is 72.9 Å². The summed E-state index contributed by atoms with van der Waals surface area (Å²) in [6.07, 6.45) is 8.38. The summed E-state index contributed by atoms with van der Waals surface area (Å²) in [5.41, 5.74) is 7.20. The number of aromatic nitrogens is 4. The van der Waals surface area contributed by atoms with Crippen molar-refractivity contribution in [1.82, 2.24) is 39.1 Å². The Labute approximate surface area is 575 Å². The van der Waals surface area contributed by atoms with Crippen molar-refractivity contribution < 1.29 is 56.6 Å². The molecule has 2 unspecified atom stereocenters. The van der Waals surface area contributed by atoms with Crippen LogP contribution in [0.1, 0.15) is 147 Å². The third-order valence-electron chi connectivity index (χ3n) is 19.9. The molecule has 23 heteroatoms. The second-order valence-electron chi connectivity index (χ2n) is 26.2. The zero-order valence-electron chi connectivity index (χ0n) is 54.6. The highest BCUT2D eigenvalue weighted by Gasteiger charge is 2.45. The van der Waals surface area contributed by atoms with E-state index in [1.165, 1.54) is 45.2 Å². The van der Waals surface area contributed by atoms with Crippen LogP contribution in [0.2, 0.25) is 0 Å². The van der Waals surface area contributed by atoms with Gasteiger partial charge in [0.1, 0.15) is 23.3 Å². The molecule has 0 saturated carbocycles. The highest BCUT2D eigenvalue weighted by Crippen LogP contribution is 2.52. The van der Waals surface area contributed by atoms with Crippen LogP contribution in [0, 0.1) is 24.8 Å². The predicted molar refractivity (Wildman–Crippen MR) is 371 cm³/mol. The number of hydrogen-bond acceptors (Lipinski definition) is 16. The lowest BCUT2D eigenvalue weighted by Crippen LogP contribution is -2.49. The number of piperidine rings is 2. The first-order valence-corrected chi connectivity index (χ1v) is 33.5. The van der Waals surface area contributed by atoms with Gasteiger partial charge in [0.15, 0.2) is 40.3 Å². The number of likely N-dealkylation sites (tertiary alicyclic amines) is 2. The van der Waals surface area contributed by atoms with Crippen molar-refractivity contribution in [3.05, 3.63) is 189 Å². The minimum absolute atomic E-state index is 0. The largest absolute Gasteiger partial charge is 0.478 e. The van der Waals surface area contributed by atoms with E-state index in [4.69, 9.17) is 56.3 Å². The predicted octanol–water partition coefficient (Wildman–Crippen LogP) is 13.9. The number of carboxylic acid groups (broad SMARTS) is 1. The van der Waals surface area contributed by atoms with Gasteiger partial charge in [-0.1, -0.05) is 63.4 Å². The normalized spacial score (nSPS) is 21.6. The molecular weight excluding hydrogens is 1260 g/mol. The SMILES string of the molecule is C.C.C1CN=C2NCCCN2C1.[C-]#[N+]c1ccc(C2(C)Oc3cccc(C4CCN(Cc5nc6ccc(C(=O)O)cc6n5C[C@@H]5CCO5)CC4)c3O2)c(F)c1.[C-]#[N+]c1ccc(C2(C)Oc3cccc(C4CCN(Cc5nc6ccc(C(=O)OC)cc6n5C[C@@H]5CCO5)CC4)c3O2)c(F)c1. The van der Waals surface area contributed by atoms with Crippen molar-refractivity contribution in [2.75, 3.05) is 72.7 Å². The Hall–Kier alpha value is -9.65. The molecule has 8 aliphatic rings. The summed E-state index contributed by atoms with van der Waals surface area (Å²) < 4.78 is 75.7. The van der Waals surface area contributed by atoms with Crippen molar-refractivity contribution >= 4 is 51.3 Å². The molecule has 10 heterocycles. The highest BCUT2D eigenvalue weighted by molar-refractivity contribution is 5.94. The fourth-order valence-electron chi connectivity index (χ4n) is 14.4. The molecular formula is C76H85F2N11O10. The minimum atomic E-state index is -1.33. The number of carbonyl (C=O) groups excluding carboxylic acids is 1. The number of hydrogen-bond donors (Lipinski definition) is 2. The third kappa shape index (κ3) is 14.3. The molecule has 8 aromatic rings. The lowest BCUT2D eigenvalue weighted by atomic mass is 9.88. The number of nitrogens with one attached hydrogen (secondary N) is 1. The van der Waals surface area contributed by atoms with E-state index >= 15 is 0 Å². The van der Waals surface area contributed by atoms with Crippen LogP contribution >= 0.6 is 0 Å². The number of carbonyl (C=O) groups is 2. The van der Waals surface area contributed by atoms with Gasteiger partial charge < -0.3 is 57.6 Å². The number of methoxy groups -OCH3 is 1. The van der Waals surface area contributed by atoms with Gasteiger partial charge in [0.2, 0.25) is 0 Å². The van der Waals surface area contributed by atoms with Crippen molar-refractivity contribution in [3.8, 4) is 23.0 Å². The van der Waals surface area contributed by atoms with Crippen LogP contribution < -0.4 is 24.3 Å². The molecule has 0 bridgehead atoms. The first-order valence-electron chi connectivity index (χ1n) is 33.5. The number of aliphatic imine (C=N–C) groups is 1. The molecule has 0 aliphatic carbocycles. The summed E-state index contributed by atoms with van der Waals surface area (Å²) in [7, 11) is 1.39. The Morgan fingerprint density at radius 3 is 1.54 bits per heavy atom. The fraction of sp³-hybridized carbons (Fsp3) is 0.434. The van der Waals surface area contributed by atoms with E-state index in [1.807, 2.05) is 36.4 Å². The number of esters is 1. The van der Waals surface area contributed by atoms with E-state index in [1.54, 1.807) is 62.4 Å². The zero-order valence-corrected chi connectivity index (χ0v) is 54.6. The van der Waals surface area contributed by atoms with Crippen molar-refractivity contribution in [2.45, 2.75) is 142 Å². The van der Waals surface area contributed by atoms with Gasteiger partial charge in [0, 0.05) is 64.4 Å². The number of halogens is 2. The van der Waals surface area contributed by atoms with Crippen molar-refractivity contribution in [1.29, 1.82) is 0 Å². The van der Waals surface area contributed by atoms with Gasteiger partial charge in [-0.2, -0.15) is 0 Å². The van der Waals surface area contributed by atoms with Gasteiger partial charge >= 0.3 is 11.9 Å². The van der Waals surface area contributed by atoms with Gasteiger partial charge in [-0.3, -0.25) is 14.8 Å². The van der Waals surface area contributed by atoms with Crippen molar-refractivity contribution in [3.63, 3.8) is 0 Å². The van der Waals surface area contributed by atoms with Gasteiger partial charge in [0.05, 0.1) is 103 Å². The van der Waals surface area contributed by atoms with Crippen molar-refractivity contribution in [2.24, 2.45) is 4.99 Å². The lowest BCUT2D eigenvalue weighted by molar-refractivity contribution is -0.0716. The van der Waals surface area contributed by atoms with Crippen LogP contribution in [0.4, 0.5) is 20.2 Å². The van der Waals surface area contributed by atoms with Crippen LogP contribution in [0.5, 0.6) is 23.0 Å². The maximum Gasteiger partial charge on any atom is 0.337 e. The van der Waals surface area contributed by atoms with E-state index in [0.717, 1.165) is 142 Å². The molecule has 16 rings (SSSR count). The lowest BCUT2D eigenvalue weighted by Gasteiger charge is -2.33. The van der Waals surface area contributed by atoms with Gasteiger partial charge in [0.25, 0.3) is 11.6 Å². The van der Waals surface area contributed by atoms with E-state index in [9.17, 15) is 23.5 Å². The third-order valence-corrected chi connectivity index (χ3v) is 19.9. The second-order valence-corrected chi connectivity index (χ2v) is 26.2. The molecule has 5 fully saturated rings. The van der Waals surface area contributed by atoms with Crippen LogP contribution in [-0.4, -0.2) is 142 Å². The minimum Gasteiger partial charge on any atom is -0.478 e. The number of imidazole rings is 2. The first-order chi connectivity index (χ1) is 47.1. The first kappa shape index (κ1) is 69.3. The molecule has 4 atom stereocenters. The molecule has 6 aromatic carbocycles. The number of carboxylic acids is 1. The monoisotopic (exact) mass is 1350 g/mol. The Morgan fingerprint density at radius 1 is 0.626 bits per heavy atom. The molecule has 0 radical (unpaired) electrons. The summed E-state index contributed by atoms with van der Waals surface area (Å²) in [5.74, 6) is 0.956. The van der Waals surface area contributed by atoms with Crippen LogP contribution in [0.25, 0.3) is 31.8 Å². The average Bonchev–Trinajstić information content (AvgIpc) is 1.63. The van der Waals surface area contributed by atoms with E-state index < -0.39 is 29.2 Å². The molecule has 518 valence electrons. The fourth-order valence-corrected chi connectivity index (χ4v) is 14.4. The highest BCUT2D eigenvalue weighted by atomic mass is 19.1. The maximum atomic E-state index is 15.0. The number of benzene rings is 6. The number of rotatable bonds is 14. The number of guanidine groups is 1. The summed E-state index contributed by atoms with van der Waals surface area (Å²) in [4.78, 5) is 51.8. The molecule has 5 saturated heterocycles. The standard InChI is InChI=1S/C34H33FN4O5.C33H31FN4O5.C7H13N3.2CH4/c1-34(26-9-8-23(36-2)18-27(26)35)43-30-6-4-5-25(32(30)44-34)21-11-14-38(15-12-21)20-31-37-28-10-7-22(33(40)41-3)17-29(28)39(31)19-24-13-16-42-24;1-33(25-8-7-22(35-2)17-26(25)34)42-29-5-3-4-24(31(29)43-33)20-10-13-37(14-11-20)19-30-36-27-9-6-21(32(39)40)16-28(27)38(30)18-23-12-15-41-23;1-3-8-7-9-4-2-6-10(7)5-1;;/h4-10,17-18,21,24H,11-16,19-20H2,1,3H3;3-9,16-17,20,23H,10-15,18-19H2,1H3,(H,39,40);1-6H2,(H,8,9);2*1H4/t24-,34?;23-,33?;;;/m00.../s1. The topological polar surface area (TPSA) is 197 Å². The summed E-state index contributed by atoms with van der Waals surface area (Å²) in [6.45, 7) is 29.9. The summed E-state index contributed by atoms with van der Waals surface area (Å²) in [5, 5.41) is 12.8. The average molecular weight is 1350 g/mol. The summed E-state index contributed by atoms with van der Waals surface area (Å²) in [6, 6.07) is 31.0. The molecule has 0 spiro atoms. The van der Waals surface area contributed by atoms with Crippen LogP contribution in [-0.2, 0) is 52.0 Å². The Kier molecular flexibility index (Phi) is 20.6. The molecule has 99 heavy (non-hydrogen) atoms. The number of nitrogens with zero attached hydrogens (tertiary/aromatic N) is 10. The van der Waals surface area contributed by atoms with Crippen LogP contribution in [0.15, 0.2) is 114 Å². The molecule has 8 aliphatic heterocycles. The number of ether oxygens (including phenoxy) is 7. The van der Waals surface area contributed by atoms with Gasteiger partial charge in [-0.15, -0.1) is 0 Å². The number of para-hydroxylation sites is 2. The second kappa shape index (κ2) is 29.4. The van der Waals surface area contributed by atoms with E-state index in [0.29, 0.717) is 54.7 Å². The smallest absolute Gasteiger partial charge is 0.337 e. The molecule has 2 N–H and O–H groups in total. The quantitative estimate of drug-likeness (QED) is 0.0769. The Balaban J connectivity index is 0.000000161. The molecule has 2 aromatic heterocycles. The Bertz CT molecular complexity index is 4430. The zero-order chi connectivity index (χ0) is 67.0. The van der Waals surface area contributed by atoms with Gasteiger partial charge in [-0.05, 0) is 150 Å². The molecule has 0 amide bonds. The van der Waals surface area contributed by atoms with Gasteiger partial charge in [-0.25, -0.2) is 38.0 Å². The number of fused-ring (bicyclic) bond motifs is 5. The summed E-state index contributed by atoms with van der Waals surface area (Å²) >= 11 is 0. The molecule has 21 nitrogen and oxygen atoms in total.